The topological polar surface area (TPSA) is 18.1 Å². The van der Waals surface area contributed by atoms with Gasteiger partial charge in [-0.05, 0) is 75.5 Å². The second kappa shape index (κ2) is 9.43. The Bertz CT molecular complexity index is 2760. The van der Waals surface area contributed by atoms with E-state index in [2.05, 4.69) is 156 Å². The van der Waals surface area contributed by atoms with Crippen molar-refractivity contribution in [3.63, 3.8) is 0 Å². The van der Waals surface area contributed by atoms with Crippen LogP contribution in [0.15, 0.2) is 156 Å². The van der Waals surface area contributed by atoms with Gasteiger partial charge in [0, 0.05) is 31.9 Å². The van der Waals surface area contributed by atoms with Gasteiger partial charge < -0.3 is 8.98 Å². The number of furan rings is 1. The molecule has 0 fully saturated rings. The first kappa shape index (κ1) is 24.8. The van der Waals surface area contributed by atoms with Crippen LogP contribution in [0.4, 0.5) is 0 Å². The van der Waals surface area contributed by atoms with Crippen LogP contribution in [-0.4, -0.2) is 4.57 Å². The molecule has 0 saturated heterocycles. The van der Waals surface area contributed by atoms with Crippen molar-refractivity contribution in [2.45, 2.75) is 0 Å². The molecule has 3 heterocycles. The lowest BCUT2D eigenvalue weighted by Crippen LogP contribution is -1.92. The van der Waals surface area contributed by atoms with Gasteiger partial charge in [0.2, 0.25) is 0 Å². The molecule has 0 aliphatic heterocycles. The SMILES string of the molecule is c1ccc(-n2c3ccccc3c3sc4c(-c5cccc(-c6ccc7c(c6)oc6ccc8ccccc8c67)c5)cccc4c32)cc1. The van der Waals surface area contributed by atoms with Crippen molar-refractivity contribution in [1.29, 1.82) is 0 Å². The molecule has 3 aromatic heterocycles. The third kappa shape index (κ3) is 3.62. The Morgan fingerprint density at radius 3 is 2.16 bits per heavy atom. The van der Waals surface area contributed by atoms with Crippen LogP contribution in [0.5, 0.6) is 0 Å². The number of hydrogen-bond acceptors (Lipinski definition) is 2. The van der Waals surface area contributed by atoms with Crippen LogP contribution in [0, 0.1) is 0 Å². The molecule has 10 aromatic rings. The third-order valence-electron chi connectivity index (χ3n) is 9.19. The zero-order valence-electron chi connectivity index (χ0n) is 24.2. The molecule has 7 aromatic carbocycles. The zero-order chi connectivity index (χ0) is 29.5. The van der Waals surface area contributed by atoms with E-state index in [0.717, 1.165) is 22.1 Å². The predicted molar refractivity (Wildman–Crippen MR) is 192 cm³/mol. The van der Waals surface area contributed by atoms with Gasteiger partial charge in [-0.3, -0.25) is 0 Å². The van der Waals surface area contributed by atoms with E-state index < -0.39 is 0 Å². The molecule has 0 amide bonds. The first-order valence-electron chi connectivity index (χ1n) is 15.3. The number of nitrogens with zero attached hydrogens (tertiary/aromatic N) is 1. The Morgan fingerprint density at radius 2 is 1.22 bits per heavy atom. The Hall–Kier alpha value is -5.64. The molecule has 0 unspecified atom stereocenters. The highest BCUT2D eigenvalue weighted by atomic mass is 32.1. The van der Waals surface area contributed by atoms with Crippen molar-refractivity contribution in [3.8, 4) is 27.9 Å². The van der Waals surface area contributed by atoms with Crippen LogP contribution >= 0.6 is 11.3 Å². The van der Waals surface area contributed by atoms with Gasteiger partial charge in [0.1, 0.15) is 11.2 Å². The molecule has 0 aliphatic carbocycles. The van der Waals surface area contributed by atoms with Crippen LogP contribution < -0.4 is 0 Å². The highest BCUT2D eigenvalue weighted by molar-refractivity contribution is 7.27. The highest BCUT2D eigenvalue weighted by Gasteiger charge is 2.19. The molecular weight excluding hydrogens is 567 g/mol. The fourth-order valence-corrected chi connectivity index (χ4v) is 8.51. The van der Waals surface area contributed by atoms with Crippen molar-refractivity contribution >= 4 is 75.3 Å². The molecule has 210 valence electrons. The number of para-hydroxylation sites is 2. The lowest BCUT2D eigenvalue weighted by molar-refractivity contribution is 0.669. The maximum Gasteiger partial charge on any atom is 0.136 e. The number of thiophene rings is 1. The Balaban J connectivity index is 1.15. The van der Waals surface area contributed by atoms with Gasteiger partial charge in [0.15, 0.2) is 0 Å². The van der Waals surface area contributed by atoms with Gasteiger partial charge in [0.25, 0.3) is 0 Å². The Kier molecular flexibility index (Phi) is 5.19. The van der Waals surface area contributed by atoms with Gasteiger partial charge in [0.05, 0.1) is 15.7 Å². The van der Waals surface area contributed by atoms with Crippen molar-refractivity contribution in [1.82, 2.24) is 4.57 Å². The standard InChI is InChI=1S/C42H25NOS/c1-2-13-30(14-3-1)43-36-19-7-6-16-33(36)42-40(43)35-18-9-17-32(41(35)45-42)29-12-8-11-27(24-29)28-20-22-34-38(25-28)44-37-23-21-26-10-4-5-15-31(26)39(34)37/h1-25H. The smallest absolute Gasteiger partial charge is 0.136 e. The van der Waals surface area contributed by atoms with E-state index in [1.54, 1.807) is 0 Å². The monoisotopic (exact) mass is 591 g/mol. The largest absolute Gasteiger partial charge is 0.456 e. The number of aromatic nitrogens is 1. The van der Waals surface area contributed by atoms with E-state index in [9.17, 15) is 0 Å². The Morgan fingerprint density at radius 1 is 0.467 bits per heavy atom. The van der Waals surface area contributed by atoms with Crippen LogP contribution in [-0.2, 0) is 0 Å². The van der Waals surface area contributed by atoms with Crippen LogP contribution in [0.2, 0.25) is 0 Å². The molecule has 0 radical (unpaired) electrons. The fraction of sp³-hybridized carbons (Fsp3) is 0. The van der Waals surface area contributed by atoms with E-state index in [1.807, 2.05) is 11.3 Å². The number of rotatable bonds is 3. The van der Waals surface area contributed by atoms with E-state index >= 15 is 0 Å². The number of benzene rings is 7. The van der Waals surface area contributed by atoms with Gasteiger partial charge in [-0.2, -0.15) is 0 Å². The molecule has 0 bridgehead atoms. The first-order valence-corrected chi connectivity index (χ1v) is 16.1. The lowest BCUT2D eigenvalue weighted by Gasteiger charge is -2.09. The van der Waals surface area contributed by atoms with Crippen molar-refractivity contribution in [3.05, 3.63) is 152 Å². The first-order chi connectivity index (χ1) is 22.3. The average molecular weight is 592 g/mol. The molecule has 3 heteroatoms. The second-order valence-corrected chi connectivity index (χ2v) is 12.7. The van der Waals surface area contributed by atoms with E-state index in [1.165, 1.54) is 69.7 Å². The molecular formula is C42H25NOS. The van der Waals surface area contributed by atoms with Crippen LogP contribution in [0.3, 0.4) is 0 Å². The van der Waals surface area contributed by atoms with Crippen molar-refractivity contribution in [2.75, 3.05) is 0 Å². The van der Waals surface area contributed by atoms with Crippen molar-refractivity contribution < 1.29 is 4.42 Å². The normalized spacial score (nSPS) is 12.0. The summed E-state index contributed by atoms with van der Waals surface area (Å²) in [7, 11) is 0. The summed E-state index contributed by atoms with van der Waals surface area (Å²) in [4.78, 5) is 0. The summed E-state index contributed by atoms with van der Waals surface area (Å²) < 4.78 is 11.5. The summed E-state index contributed by atoms with van der Waals surface area (Å²) in [6.45, 7) is 0. The highest BCUT2D eigenvalue weighted by Crippen LogP contribution is 2.46. The molecule has 0 atom stereocenters. The van der Waals surface area contributed by atoms with E-state index in [-0.39, 0.29) is 0 Å². The molecule has 0 aliphatic rings. The second-order valence-electron chi connectivity index (χ2n) is 11.7. The van der Waals surface area contributed by atoms with Gasteiger partial charge in [-0.15, -0.1) is 11.3 Å². The van der Waals surface area contributed by atoms with Crippen LogP contribution in [0.25, 0.3) is 91.9 Å². The summed E-state index contributed by atoms with van der Waals surface area (Å²) in [6, 6.07) is 54.6. The predicted octanol–water partition coefficient (Wildman–Crippen LogP) is 12.4. The van der Waals surface area contributed by atoms with Crippen molar-refractivity contribution in [2.24, 2.45) is 0 Å². The lowest BCUT2D eigenvalue weighted by atomic mass is 9.97. The Labute approximate surface area is 263 Å². The summed E-state index contributed by atoms with van der Waals surface area (Å²) in [5, 5.41) is 7.38. The zero-order valence-corrected chi connectivity index (χ0v) is 25.0. The van der Waals surface area contributed by atoms with Gasteiger partial charge in [-0.1, -0.05) is 109 Å². The van der Waals surface area contributed by atoms with E-state index in [4.69, 9.17) is 4.42 Å². The third-order valence-corrected chi connectivity index (χ3v) is 10.4. The molecule has 0 N–H and O–H groups in total. The van der Waals surface area contributed by atoms with Crippen LogP contribution in [0.1, 0.15) is 0 Å². The van der Waals surface area contributed by atoms with E-state index in [0.29, 0.717) is 0 Å². The molecule has 2 nitrogen and oxygen atoms in total. The van der Waals surface area contributed by atoms with Gasteiger partial charge >= 0.3 is 0 Å². The summed E-state index contributed by atoms with van der Waals surface area (Å²) in [5.74, 6) is 0. The fourth-order valence-electron chi connectivity index (χ4n) is 7.16. The molecule has 45 heavy (non-hydrogen) atoms. The maximum absolute atomic E-state index is 6.40. The molecule has 10 rings (SSSR count). The number of hydrogen-bond donors (Lipinski definition) is 0. The quantitative estimate of drug-likeness (QED) is 0.200. The summed E-state index contributed by atoms with van der Waals surface area (Å²) in [5.41, 5.74) is 10.4. The minimum absolute atomic E-state index is 0.917. The minimum Gasteiger partial charge on any atom is -0.456 e. The van der Waals surface area contributed by atoms with Gasteiger partial charge in [-0.25, -0.2) is 0 Å². The molecule has 0 saturated carbocycles. The maximum atomic E-state index is 6.40. The summed E-state index contributed by atoms with van der Waals surface area (Å²) in [6.07, 6.45) is 0. The molecule has 0 spiro atoms. The minimum atomic E-state index is 0.917. The number of fused-ring (bicyclic) bond motifs is 10. The summed E-state index contributed by atoms with van der Waals surface area (Å²) >= 11 is 1.90. The average Bonchev–Trinajstić information content (AvgIpc) is 3.77.